The molecule has 0 unspecified atom stereocenters. The molecule has 0 saturated carbocycles. The van der Waals surface area contributed by atoms with Crippen LogP contribution >= 0.6 is 23.5 Å². The molecule has 1 aliphatic rings. The van der Waals surface area contributed by atoms with Crippen LogP contribution in [-0.4, -0.2) is 119 Å². The van der Waals surface area contributed by atoms with Gasteiger partial charge in [-0.3, -0.25) is 0 Å². The van der Waals surface area contributed by atoms with Crippen LogP contribution in [0.2, 0.25) is 0 Å². The minimum Gasteiger partial charge on any atom is -0.493 e. The molecular weight excluding hydrogens is 1060 g/mol. The number of anilines is 8. The first-order valence-corrected chi connectivity index (χ1v) is 30.0. The van der Waals surface area contributed by atoms with Crippen LogP contribution < -0.4 is 51.7 Å². The number of rotatable bonds is 28. The van der Waals surface area contributed by atoms with Crippen LogP contribution in [0, 0.1) is 0 Å². The summed E-state index contributed by atoms with van der Waals surface area (Å²) >= 11 is 3.23. The van der Waals surface area contributed by atoms with E-state index < -0.39 is 24.0 Å². The van der Waals surface area contributed by atoms with E-state index in [1.807, 2.05) is 12.5 Å². The summed E-state index contributed by atoms with van der Waals surface area (Å²) in [6, 6.07) is 19.3. The summed E-state index contributed by atoms with van der Waals surface area (Å²) in [7, 11) is 2.70. The molecular formula is C58H76N12O8S2. The number of carbonyl (C=O) groups is 2. The molecule has 2 atom stereocenters. The summed E-state index contributed by atoms with van der Waals surface area (Å²) in [5.74, 6) is 4.12. The topological polar surface area (TPSA) is 267 Å². The first-order valence-electron chi connectivity index (χ1n) is 27.2. The number of hydrogen-bond acceptors (Lipinski definition) is 22. The number of nitrogens with two attached hydrogens (primary N) is 2. The molecule has 0 fully saturated rings. The third-order valence-corrected chi connectivity index (χ3v) is 14.1. The number of fused-ring (bicyclic) bond motifs is 8. The highest BCUT2D eigenvalue weighted by Crippen LogP contribution is 2.42. The number of esters is 2. The molecule has 0 spiro atoms. The van der Waals surface area contributed by atoms with Crippen molar-refractivity contribution in [2.75, 3.05) is 97.4 Å². The lowest BCUT2D eigenvalue weighted by Crippen LogP contribution is -2.32. The third kappa shape index (κ3) is 16.3. The van der Waals surface area contributed by atoms with Gasteiger partial charge in [-0.2, -0.15) is 53.4 Å². The number of nitrogens with one attached hydrogen (secondary N) is 4. The van der Waals surface area contributed by atoms with Crippen LogP contribution in [0.25, 0.3) is 0 Å². The fourth-order valence-electron chi connectivity index (χ4n) is 9.24. The largest absolute Gasteiger partial charge is 0.493 e. The van der Waals surface area contributed by atoms with Gasteiger partial charge in [0.15, 0.2) is 0 Å². The molecule has 4 aromatic carbocycles. The van der Waals surface area contributed by atoms with Gasteiger partial charge in [0.2, 0.25) is 35.7 Å². The van der Waals surface area contributed by atoms with E-state index in [2.05, 4.69) is 130 Å². The normalized spacial score (nSPS) is 12.6. The van der Waals surface area contributed by atoms with Gasteiger partial charge in [0.05, 0.1) is 40.6 Å². The minimum absolute atomic E-state index is 0.0344. The summed E-state index contributed by atoms with van der Waals surface area (Å²) < 4.78 is 37.4. The van der Waals surface area contributed by atoms with Gasteiger partial charge in [0.1, 0.15) is 35.1 Å². The highest BCUT2D eigenvalue weighted by atomic mass is 32.2. The number of benzene rings is 4. The fraction of sp³-hybridized carbons (Fsp3) is 0.448. The number of aromatic nitrogens is 6. The number of para-hydroxylation sites is 2. The lowest BCUT2D eigenvalue weighted by molar-refractivity contribution is -0.142. The standard InChI is InChI=1S/C58H76N12O8S2/c1-9-21-75-47-35-15-13-16-36(47)28-40-32-44(62-56-66-54(60)68-58(70-56)64-46(20-26-80-8)52(72)74-6)34-42(50(40)78-24-12-4)30-38-18-14-17-37(48(38)76-22-10-2)29-41-33-43(31-39(27-35)49(41)77-23-11-3)61-55-65-53(59)67-57(69-55)63-45(19-25-79-7)51(71)73-5/h13-18,31-34,45-46H,9-12,19-30H2,1-8H3,(H4,59,61,63,65,67,69)(H4,60,62,64,66,68,70)/t45-,46-/m0/s1. The van der Waals surface area contributed by atoms with E-state index in [0.717, 1.165) is 93.2 Å². The first-order chi connectivity index (χ1) is 38.9. The van der Waals surface area contributed by atoms with E-state index in [9.17, 15) is 9.59 Å². The van der Waals surface area contributed by atoms with Gasteiger partial charge in [-0.1, -0.05) is 64.1 Å². The summed E-state index contributed by atoms with van der Waals surface area (Å²) in [4.78, 5) is 52.7. The zero-order chi connectivity index (χ0) is 57.0. The fourth-order valence-corrected chi connectivity index (χ4v) is 10.2. The molecule has 0 radical (unpaired) electrons. The van der Waals surface area contributed by atoms with Gasteiger partial charge in [-0.25, -0.2) is 9.59 Å². The number of carbonyl (C=O) groups excluding carboxylic acids is 2. The lowest BCUT2D eigenvalue weighted by atomic mass is 9.90. The maximum Gasteiger partial charge on any atom is 0.328 e. The van der Waals surface area contributed by atoms with Crippen molar-refractivity contribution in [2.45, 2.75) is 104 Å². The van der Waals surface area contributed by atoms with Crippen LogP contribution in [-0.2, 0) is 44.7 Å². The summed E-state index contributed by atoms with van der Waals surface area (Å²) in [5.41, 5.74) is 21.4. The van der Waals surface area contributed by atoms with Gasteiger partial charge < -0.3 is 61.2 Å². The summed E-state index contributed by atoms with van der Waals surface area (Å²) in [6.45, 7) is 10.3. The van der Waals surface area contributed by atoms with Crippen LogP contribution in [0.3, 0.4) is 0 Å². The van der Waals surface area contributed by atoms with E-state index in [1.54, 1.807) is 23.5 Å². The molecule has 0 saturated heterocycles. The predicted molar refractivity (Wildman–Crippen MR) is 320 cm³/mol. The Morgan fingerprint density at radius 1 is 0.487 bits per heavy atom. The van der Waals surface area contributed by atoms with Gasteiger partial charge in [-0.05, 0) is 109 Å². The minimum atomic E-state index is -0.699. The van der Waals surface area contributed by atoms with Crippen molar-refractivity contribution in [2.24, 2.45) is 0 Å². The third-order valence-electron chi connectivity index (χ3n) is 12.8. The molecule has 80 heavy (non-hydrogen) atoms. The zero-order valence-corrected chi connectivity index (χ0v) is 48.8. The number of methoxy groups -OCH3 is 2. The van der Waals surface area contributed by atoms with Gasteiger partial charge in [0, 0.05) is 59.3 Å². The van der Waals surface area contributed by atoms with Gasteiger partial charge >= 0.3 is 11.9 Å². The molecule has 6 aromatic rings. The Morgan fingerprint density at radius 2 is 0.787 bits per heavy atom. The van der Waals surface area contributed by atoms with Gasteiger partial charge in [0.25, 0.3) is 0 Å². The molecule has 22 heteroatoms. The molecule has 1 aliphatic carbocycles. The molecule has 8 N–H and O–H groups in total. The number of nitrogen functional groups attached to an aromatic ring is 2. The molecule has 20 nitrogen and oxygen atoms in total. The van der Waals surface area contributed by atoms with E-state index >= 15 is 0 Å². The van der Waals surface area contributed by atoms with Crippen LogP contribution in [0.4, 0.5) is 47.1 Å². The smallest absolute Gasteiger partial charge is 0.328 e. The monoisotopic (exact) mass is 1130 g/mol. The highest BCUT2D eigenvalue weighted by Gasteiger charge is 2.26. The number of thioether (sulfide) groups is 2. The molecule has 0 amide bonds. The average molecular weight is 1130 g/mol. The Kier molecular flexibility index (Phi) is 22.7. The van der Waals surface area contributed by atoms with Crippen molar-refractivity contribution in [3.8, 4) is 23.0 Å². The Morgan fingerprint density at radius 3 is 1.07 bits per heavy atom. The molecule has 8 bridgehead atoms. The van der Waals surface area contributed by atoms with Crippen LogP contribution in [0.5, 0.6) is 23.0 Å². The number of nitrogens with zero attached hydrogens (tertiary/aromatic N) is 6. The van der Waals surface area contributed by atoms with Crippen molar-refractivity contribution in [3.63, 3.8) is 0 Å². The second-order valence-electron chi connectivity index (χ2n) is 19.1. The average Bonchev–Trinajstić information content (AvgIpc) is 3.45. The first kappa shape index (κ1) is 60.2. The molecule has 7 rings (SSSR count). The quantitative estimate of drug-likeness (QED) is 0.0249. The maximum atomic E-state index is 12.8. The second kappa shape index (κ2) is 30.2. The number of hydrogen-bond donors (Lipinski definition) is 6. The second-order valence-corrected chi connectivity index (χ2v) is 21.1. The van der Waals surface area contributed by atoms with Gasteiger partial charge in [-0.15, -0.1) is 0 Å². The number of ether oxygens (including phenoxy) is 6. The van der Waals surface area contributed by atoms with E-state index in [1.165, 1.54) is 14.2 Å². The summed E-state index contributed by atoms with van der Waals surface area (Å²) in [6.07, 6.45) is 9.75. The maximum absolute atomic E-state index is 12.8. The molecule has 0 aliphatic heterocycles. The van der Waals surface area contributed by atoms with Crippen LogP contribution in [0.1, 0.15) is 111 Å². The lowest BCUT2D eigenvalue weighted by Gasteiger charge is -2.24. The zero-order valence-electron chi connectivity index (χ0n) is 47.2. The van der Waals surface area contributed by atoms with Crippen LogP contribution in [0.15, 0.2) is 60.7 Å². The Balaban J connectivity index is 1.41. The highest BCUT2D eigenvalue weighted by molar-refractivity contribution is 7.98. The Bertz CT molecular complexity index is 2750. The summed E-state index contributed by atoms with van der Waals surface area (Å²) in [5, 5.41) is 13.1. The van der Waals surface area contributed by atoms with Crippen molar-refractivity contribution >= 4 is 82.5 Å². The van der Waals surface area contributed by atoms with E-state index in [0.29, 0.717) is 87.8 Å². The van der Waals surface area contributed by atoms with Crippen molar-refractivity contribution in [3.05, 3.63) is 105 Å². The molecule has 2 aromatic heterocycles. The Hall–Kier alpha value is -7.46. The molecule has 428 valence electrons. The van der Waals surface area contributed by atoms with E-state index in [4.69, 9.17) is 49.9 Å². The SMILES string of the molecule is CCCOc1c2cccc1Cc1cc(Nc3nc(N)nc(N[C@@H](CCSC)C(=O)OC)n3)cc(c1OCCC)Cc1cccc(c1OCCC)Cc1cc(Nc3nc(N)nc(N[C@@H](CCSC)C(=O)OC)n3)cc(c1OCCC)C2. The molecule has 2 heterocycles. The van der Waals surface area contributed by atoms with Crippen molar-refractivity contribution < 1.29 is 38.0 Å². The van der Waals surface area contributed by atoms with E-state index in [-0.39, 0.29) is 35.7 Å². The Labute approximate surface area is 477 Å². The predicted octanol–water partition coefficient (Wildman–Crippen LogP) is 9.95. The van der Waals surface area contributed by atoms with Crippen molar-refractivity contribution in [1.29, 1.82) is 0 Å². The van der Waals surface area contributed by atoms with Crippen molar-refractivity contribution in [1.82, 2.24) is 29.9 Å².